The second kappa shape index (κ2) is 8.58. The van der Waals surface area contributed by atoms with Gasteiger partial charge in [0.2, 0.25) is 15.8 Å². The number of sulfonamides is 1. The molecule has 0 fully saturated rings. The first-order valence-electron chi connectivity index (χ1n) is 9.81. The lowest BCUT2D eigenvalue weighted by molar-refractivity contribution is 0.103. The van der Waals surface area contributed by atoms with E-state index < -0.39 is 38.7 Å². The number of nitrogens with zero attached hydrogens (tertiary/aromatic N) is 4. The number of aromatic amines is 1. The first-order chi connectivity index (χ1) is 15.7. The second-order valence-electron chi connectivity index (χ2n) is 7.21. The van der Waals surface area contributed by atoms with Crippen molar-refractivity contribution in [3.63, 3.8) is 0 Å². The molecular weight excluding hydrogens is 456 g/mol. The largest absolute Gasteiger partial charge is 0.345 e. The quantitative estimate of drug-likeness (QED) is 0.333. The van der Waals surface area contributed by atoms with Gasteiger partial charge < -0.3 is 10.3 Å². The molecule has 0 saturated heterocycles. The fourth-order valence-corrected chi connectivity index (χ4v) is 4.45. The maximum absolute atomic E-state index is 15.1. The maximum Gasteiger partial charge on any atom is 0.232 e. The van der Waals surface area contributed by atoms with Crippen molar-refractivity contribution in [1.29, 1.82) is 0 Å². The average Bonchev–Trinajstić information content (AvgIpc) is 3.37. The molecule has 3 heterocycles. The van der Waals surface area contributed by atoms with Gasteiger partial charge in [-0.1, -0.05) is 6.92 Å². The minimum Gasteiger partial charge on any atom is -0.345 e. The van der Waals surface area contributed by atoms with Gasteiger partial charge in [0.15, 0.2) is 5.82 Å². The number of benzene rings is 1. The van der Waals surface area contributed by atoms with Crippen LogP contribution in [0.15, 0.2) is 37.1 Å². The molecule has 0 aliphatic carbocycles. The van der Waals surface area contributed by atoms with E-state index in [1.807, 2.05) is 0 Å². The summed E-state index contributed by atoms with van der Waals surface area (Å²) in [5.74, 6) is -3.48. The molecule has 0 bridgehead atoms. The van der Waals surface area contributed by atoms with Gasteiger partial charge in [0, 0.05) is 19.4 Å². The Morgan fingerprint density at radius 3 is 2.73 bits per heavy atom. The molecule has 4 aromatic rings. The van der Waals surface area contributed by atoms with E-state index in [-0.39, 0.29) is 28.2 Å². The minimum absolute atomic E-state index is 0.0941. The van der Waals surface area contributed by atoms with Gasteiger partial charge in [-0.3, -0.25) is 14.2 Å². The van der Waals surface area contributed by atoms with Crippen LogP contribution < -0.4 is 10.0 Å². The number of halogens is 2. The number of aromatic nitrogens is 5. The van der Waals surface area contributed by atoms with Crippen molar-refractivity contribution < 1.29 is 22.0 Å². The molecule has 172 valence electrons. The molecule has 10 nitrogen and oxygen atoms in total. The van der Waals surface area contributed by atoms with Crippen LogP contribution in [0, 0.1) is 11.6 Å². The highest BCUT2D eigenvalue weighted by Crippen LogP contribution is 2.30. The van der Waals surface area contributed by atoms with Crippen molar-refractivity contribution in [2.75, 3.05) is 15.8 Å². The molecule has 0 atom stereocenters. The monoisotopic (exact) mass is 475 g/mol. The minimum atomic E-state index is -3.86. The van der Waals surface area contributed by atoms with Crippen LogP contribution >= 0.6 is 0 Å². The molecule has 4 rings (SSSR count). The van der Waals surface area contributed by atoms with Crippen LogP contribution in [0.4, 0.5) is 26.0 Å². The third-order valence-corrected chi connectivity index (χ3v) is 6.22. The summed E-state index contributed by atoms with van der Waals surface area (Å²) in [4.78, 5) is 24.2. The lowest BCUT2D eigenvalue weighted by atomic mass is 10.0. The summed E-state index contributed by atoms with van der Waals surface area (Å²) in [7, 11) is -2.14. The molecule has 13 heteroatoms. The number of rotatable bonds is 8. The Morgan fingerprint density at radius 2 is 2.03 bits per heavy atom. The fourth-order valence-electron chi connectivity index (χ4n) is 3.32. The zero-order chi connectivity index (χ0) is 23.8. The number of carbonyl (C=O) groups is 1. The summed E-state index contributed by atoms with van der Waals surface area (Å²) < 4.78 is 57.5. The molecule has 0 amide bonds. The Kier molecular flexibility index (Phi) is 5.80. The summed E-state index contributed by atoms with van der Waals surface area (Å²) in [6.45, 7) is 1.64. The molecule has 33 heavy (non-hydrogen) atoms. The fraction of sp³-hybridized carbons (Fsp3) is 0.200. The average molecular weight is 475 g/mol. The number of hydrogen-bond acceptors (Lipinski definition) is 7. The predicted molar refractivity (Wildman–Crippen MR) is 118 cm³/mol. The van der Waals surface area contributed by atoms with Crippen molar-refractivity contribution in [3.8, 4) is 0 Å². The normalized spacial score (nSPS) is 11.6. The summed E-state index contributed by atoms with van der Waals surface area (Å²) in [5.41, 5.74) is -0.674. The first kappa shape index (κ1) is 22.3. The van der Waals surface area contributed by atoms with Gasteiger partial charge in [-0.25, -0.2) is 27.2 Å². The summed E-state index contributed by atoms with van der Waals surface area (Å²) >= 11 is 0. The Labute approximate surface area is 187 Å². The van der Waals surface area contributed by atoms with Gasteiger partial charge in [0.25, 0.3) is 0 Å². The van der Waals surface area contributed by atoms with E-state index in [0.29, 0.717) is 12.1 Å². The molecule has 0 radical (unpaired) electrons. The Balaban J connectivity index is 1.79. The first-order valence-corrected chi connectivity index (χ1v) is 11.5. The number of hydrogen-bond donors (Lipinski definition) is 3. The number of fused-ring (bicyclic) bond motifs is 1. The Bertz CT molecular complexity index is 1460. The molecule has 0 spiro atoms. The number of ketones is 1. The van der Waals surface area contributed by atoms with Gasteiger partial charge in [0.1, 0.15) is 23.6 Å². The molecule has 3 N–H and O–H groups in total. The zero-order valence-corrected chi connectivity index (χ0v) is 18.4. The number of H-pyrrole nitrogens is 1. The third-order valence-electron chi connectivity index (χ3n) is 4.74. The van der Waals surface area contributed by atoms with Crippen LogP contribution in [0.5, 0.6) is 0 Å². The standard InChI is InChI=1S/C20H19F2N7O3S/c1-3-6-33(31,32)28-14-5-4-13(21)16(17(14)22)18(30)12-8-23-19-15(12)20(25-10-24-19)27-11-7-26-29(2)9-11/h4-5,7-10,28H,3,6H2,1-2H3,(H2,23,24,25,27). The number of aryl methyl sites for hydroxylation is 1. The number of nitrogens with one attached hydrogen (secondary N) is 3. The van der Waals surface area contributed by atoms with E-state index in [2.05, 4.69) is 30.1 Å². The SMILES string of the molecule is CCCS(=O)(=O)Nc1ccc(F)c(C(=O)c2c[nH]c3ncnc(Nc4cnn(C)c4)c23)c1F. The van der Waals surface area contributed by atoms with Crippen LogP contribution in [0.3, 0.4) is 0 Å². The van der Waals surface area contributed by atoms with Crippen LogP contribution in [0.2, 0.25) is 0 Å². The highest BCUT2D eigenvalue weighted by molar-refractivity contribution is 7.92. The number of carbonyl (C=O) groups excluding carboxylic acids is 1. The highest BCUT2D eigenvalue weighted by atomic mass is 32.2. The summed E-state index contributed by atoms with van der Waals surface area (Å²) in [6.07, 6.45) is 6.03. The molecule has 0 aliphatic heterocycles. The summed E-state index contributed by atoms with van der Waals surface area (Å²) in [5, 5.41) is 7.25. The smallest absolute Gasteiger partial charge is 0.232 e. The highest BCUT2D eigenvalue weighted by Gasteiger charge is 2.27. The lowest BCUT2D eigenvalue weighted by Gasteiger charge is -2.12. The van der Waals surface area contributed by atoms with Gasteiger partial charge in [-0.05, 0) is 18.6 Å². The van der Waals surface area contributed by atoms with Crippen molar-refractivity contribution in [1.82, 2.24) is 24.7 Å². The van der Waals surface area contributed by atoms with Crippen LogP contribution in [0.25, 0.3) is 11.0 Å². The lowest BCUT2D eigenvalue weighted by Crippen LogP contribution is -2.18. The topological polar surface area (TPSA) is 135 Å². The second-order valence-corrected chi connectivity index (χ2v) is 9.05. The Morgan fingerprint density at radius 1 is 1.24 bits per heavy atom. The van der Waals surface area contributed by atoms with E-state index in [0.717, 1.165) is 12.1 Å². The predicted octanol–water partition coefficient (Wildman–Crippen LogP) is 3.10. The van der Waals surface area contributed by atoms with E-state index in [4.69, 9.17) is 0 Å². The maximum atomic E-state index is 15.1. The van der Waals surface area contributed by atoms with Crippen LogP contribution in [-0.4, -0.2) is 44.7 Å². The van der Waals surface area contributed by atoms with Gasteiger partial charge in [-0.2, -0.15) is 5.10 Å². The zero-order valence-electron chi connectivity index (χ0n) is 17.6. The van der Waals surface area contributed by atoms with Crippen molar-refractivity contribution in [3.05, 3.63) is 59.8 Å². The van der Waals surface area contributed by atoms with E-state index in [1.54, 1.807) is 24.9 Å². The van der Waals surface area contributed by atoms with Crippen molar-refractivity contribution in [2.45, 2.75) is 13.3 Å². The van der Waals surface area contributed by atoms with Crippen LogP contribution in [0.1, 0.15) is 29.3 Å². The van der Waals surface area contributed by atoms with Crippen molar-refractivity contribution in [2.24, 2.45) is 7.05 Å². The number of anilines is 3. The van der Waals surface area contributed by atoms with E-state index >= 15 is 4.39 Å². The third kappa shape index (κ3) is 4.39. The molecule has 0 saturated carbocycles. The summed E-state index contributed by atoms with van der Waals surface area (Å²) in [6, 6.07) is 1.77. The van der Waals surface area contributed by atoms with Crippen molar-refractivity contribution >= 4 is 44.0 Å². The Hall–Kier alpha value is -3.87. The van der Waals surface area contributed by atoms with E-state index in [1.165, 1.54) is 18.7 Å². The van der Waals surface area contributed by atoms with Gasteiger partial charge >= 0.3 is 0 Å². The molecule has 0 aliphatic rings. The molecule has 0 unspecified atom stereocenters. The molecule has 1 aromatic carbocycles. The van der Waals surface area contributed by atoms with Gasteiger partial charge in [-0.15, -0.1) is 0 Å². The molecule has 3 aromatic heterocycles. The van der Waals surface area contributed by atoms with E-state index in [9.17, 15) is 17.6 Å². The van der Waals surface area contributed by atoms with Crippen LogP contribution in [-0.2, 0) is 17.1 Å². The van der Waals surface area contributed by atoms with Gasteiger partial charge in [0.05, 0.1) is 39.8 Å². The molecular formula is C20H19F2N7O3S.